The van der Waals surface area contributed by atoms with Gasteiger partial charge in [0.2, 0.25) is 0 Å². The summed E-state index contributed by atoms with van der Waals surface area (Å²) in [5.41, 5.74) is 1.74. The first-order valence-electron chi connectivity index (χ1n) is 6.30. The third kappa shape index (κ3) is 1.73. The van der Waals surface area contributed by atoms with Gasteiger partial charge in [0.25, 0.3) is 5.91 Å². The number of aryl methyl sites for hydroxylation is 1. The van der Waals surface area contributed by atoms with Gasteiger partial charge in [-0.2, -0.15) is 0 Å². The van der Waals surface area contributed by atoms with Gasteiger partial charge in [-0.3, -0.25) is 9.59 Å². The van der Waals surface area contributed by atoms with E-state index in [1.54, 1.807) is 4.90 Å². The van der Waals surface area contributed by atoms with Crippen LogP contribution >= 0.6 is 0 Å². The Morgan fingerprint density at radius 1 is 1.44 bits per heavy atom. The van der Waals surface area contributed by atoms with Crippen LogP contribution in [0.5, 0.6) is 0 Å². The molecule has 2 saturated heterocycles. The molecule has 1 amide bonds. The summed E-state index contributed by atoms with van der Waals surface area (Å²) in [7, 11) is 0. The molecule has 1 aromatic rings. The molecule has 2 unspecified atom stereocenters. The summed E-state index contributed by atoms with van der Waals surface area (Å²) in [6.07, 6.45) is 0.869. The van der Waals surface area contributed by atoms with Crippen LogP contribution in [0.4, 0.5) is 0 Å². The normalized spacial score (nSPS) is 26.5. The number of nitrogens with zero attached hydrogens (tertiary/aromatic N) is 1. The van der Waals surface area contributed by atoms with Gasteiger partial charge in [0, 0.05) is 5.56 Å². The van der Waals surface area contributed by atoms with Crippen LogP contribution in [0.1, 0.15) is 22.3 Å². The van der Waals surface area contributed by atoms with Gasteiger partial charge in [-0.1, -0.05) is 17.7 Å². The summed E-state index contributed by atoms with van der Waals surface area (Å²) < 4.78 is 0. The Labute approximate surface area is 106 Å². The van der Waals surface area contributed by atoms with E-state index in [2.05, 4.69) is 5.32 Å². The van der Waals surface area contributed by atoms with E-state index in [1.165, 1.54) is 0 Å². The van der Waals surface area contributed by atoms with Gasteiger partial charge in [-0.25, -0.2) is 0 Å². The zero-order chi connectivity index (χ0) is 12.7. The van der Waals surface area contributed by atoms with Crippen molar-refractivity contribution in [3.8, 4) is 0 Å². The van der Waals surface area contributed by atoms with Gasteiger partial charge >= 0.3 is 0 Å². The molecule has 0 radical (unpaired) electrons. The Hall–Kier alpha value is -1.68. The van der Waals surface area contributed by atoms with Gasteiger partial charge in [0.1, 0.15) is 0 Å². The van der Waals surface area contributed by atoms with Crippen LogP contribution in [-0.2, 0) is 4.79 Å². The molecule has 0 bridgehead atoms. The summed E-state index contributed by atoms with van der Waals surface area (Å²) >= 11 is 0. The molecule has 2 aliphatic heterocycles. The maximum absolute atomic E-state index is 12.4. The summed E-state index contributed by atoms with van der Waals surface area (Å²) in [6, 6.07) is 7.44. The lowest BCUT2D eigenvalue weighted by Gasteiger charge is -2.22. The highest BCUT2D eigenvalue weighted by Crippen LogP contribution is 2.24. The first-order chi connectivity index (χ1) is 8.66. The number of carbonyl (C=O) groups is 2. The minimum absolute atomic E-state index is 0.0248. The maximum atomic E-state index is 12.4. The molecule has 18 heavy (non-hydrogen) atoms. The number of likely N-dealkylation sites (tertiary alicyclic amines) is 1. The number of rotatable bonds is 1. The number of ketones is 1. The number of fused-ring (bicyclic) bond motifs is 1. The second-order valence-electron chi connectivity index (χ2n) is 5.06. The molecule has 2 heterocycles. The molecule has 0 aliphatic carbocycles. The number of hydrogen-bond donors (Lipinski definition) is 1. The van der Waals surface area contributed by atoms with Gasteiger partial charge in [0.15, 0.2) is 5.78 Å². The van der Waals surface area contributed by atoms with E-state index >= 15 is 0 Å². The highest BCUT2D eigenvalue weighted by molar-refractivity contribution is 6.01. The van der Waals surface area contributed by atoms with Crippen molar-refractivity contribution >= 4 is 11.7 Å². The Morgan fingerprint density at radius 2 is 2.28 bits per heavy atom. The Kier molecular flexibility index (Phi) is 2.67. The van der Waals surface area contributed by atoms with Crippen molar-refractivity contribution in [3.63, 3.8) is 0 Å². The Bertz CT molecular complexity index is 512. The van der Waals surface area contributed by atoms with E-state index in [9.17, 15) is 9.59 Å². The number of amides is 1. The zero-order valence-corrected chi connectivity index (χ0v) is 10.3. The standard InChI is InChI=1S/C14H16N2O2/c1-9-3-2-4-10(7-9)14(18)16-8-12(17)13-11(16)5-6-15-13/h2-4,7,11,13,15H,5-6,8H2,1H3. The molecule has 2 atom stereocenters. The van der Waals surface area contributed by atoms with Gasteiger partial charge in [-0.05, 0) is 32.0 Å². The van der Waals surface area contributed by atoms with E-state index in [0.29, 0.717) is 5.56 Å². The van der Waals surface area contributed by atoms with E-state index in [1.807, 2.05) is 31.2 Å². The molecule has 2 aliphatic rings. The Morgan fingerprint density at radius 3 is 3.06 bits per heavy atom. The molecule has 0 saturated carbocycles. The fourth-order valence-corrected chi connectivity index (χ4v) is 2.90. The van der Waals surface area contributed by atoms with E-state index in [-0.39, 0.29) is 30.3 Å². The first kappa shape index (κ1) is 11.4. The average molecular weight is 244 g/mol. The minimum atomic E-state index is -0.140. The fraction of sp³-hybridized carbons (Fsp3) is 0.429. The second-order valence-corrected chi connectivity index (χ2v) is 5.06. The van der Waals surface area contributed by atoms with Crippen molar-refractivity contribution < 1.29 is 9.59 Å². The van der Waals surface area contributed by atoms with Gasteiger partial charge < -0.3 is 10.2 Å². The van der Waals surface area contributed by atoms with Crippen molar-refractivity contribution in [1.82, 2.24) is 10.2 Å². The van der Waals surface area contributed by atoms with Crippen molar-refractivity contribution in [3.05, 3.63) is 35.4 Å². The molecule has 1 aromatic carbocycles. The summed E-state index contributed by atoms with van der Waals surface area (Å²) in [4.78, 5) is 26.0. The highest BCUT2D eigenvalue weighted by atomic mass is 16.2. The number of hydrogen-bond acceptors (Lipinski definition) is 3. The molecular weight excluding hydrogens is 228 g/mol. The highest BCUT2D eigenvalue weighted by Gasteiger charge is 2.45. The van der Waals surface area contributed by atoms with Crippen molar-refractivity contribution in [1.29, 1.82) is 0 Å². The lowest BCUT2D eigenvalue weighted by molar-refractivity contribution is -0.118. The quantitative estimate of drug-likeness (QED) is 0.793. The third-order valence-corrected chi connectivity index (χ3v) is 3.79. The molecule has 94 valence electrons. The molecule has 0 spiro atoms. The van der Waals surface area contributed by atoms with Crippen molar-refractivity contribution in [2.75, 3.05) is 13.1 Å². The van der Waals surface area contributed by atoms with Crippen LogP contribution in [-0.4, -0.2) is 41.8 Å². The van der Waals surface area contributed by atoms with Crippen LogP contribution in [0, 0.1) is 6.92 Å². The topological polar surface area (TPSA) is 49.4 Å². The van der Waals surface area contributed by atoms with Crippen molar-refractivity contribution in [2.45, 2.75) is 25.4 Å². The van der Waals surface area contributed by atoms with E-state index < -0.39 is 0 Å². The molecule has 4 heteroatoms. The van der Waals surface area contributed by atoms with Crippen LogP contribution in [0.3, 0.4) is 0 Å². The van der Waals surface area contributed by atoms with Gasteiger partial charge in [-0.15, -0.1) is 0 Å². The van der Waals surface area contributed by atoms with E-state index in [0.717, 1.165) is 18.5 Å². The monoisotopic (exact) mass is 244 g/mol. The van der Waals surface area contributed by atoms with E-state index in [4.69, 9.17) is 0 Å². The predicted molar refractivity (Wildman–Crippen MR) is 67.4 cm³/mol. The minimum Gasteiger partial charge on any atom is -0.326 e. The molecule has 2 fully saturated rings. The number of Topliss-reactive ketones (excluding diaryl/α,β-unsaturated/α-hetero) is 1. The number of nitrogens with one attached hydrogen (secondary N) is 1. The fourth-order valence-electron chi connectivity index (χ4n) is 2.90. The summed E-state index contributed by atoms with van der Waals surface area (Å²) in [5, 5.41) is 3.17. The molecule has 3 rings (SSSR count). The SMILES string of the molecule is Cc1cccc(C(=O)N2CC(=O)C3NCCC32)c1. The summed E-state index contributed by atoms with van der Waals surface area (Å²) in [5.74, 6) is 0.113. The van der Waals surface area contributed by atoms with Crippen LogP contribution in [0.25, 0.3) is 0 Å². The largest absolute Gasteiger partial charge is 0.326 e. The lowest BCUT2D eigenvalue weighted by Crippen LogP contribution is -2.39. The van der Waals surface area contributed by atoms with Gasteiger partial charge in [0.05, 0.1) is 18.6 Å². The third-order valence-electron chi connectivity index (χ3n) is 3.79. The maximum Gasteiger partial charge on any atom is 0.254 e. The Balaban J connectivity index is 1.87. The molecule has 4 nitrogen and oxygen atoms in total. The summed E-state index contributed by atoms with van der Waals surface area (Å²) in [6.45, 7) is 3.03. The molecular formula is C14H16N2O2. The molecule has 1 N–H and O–H groups in total. The lowest BCUT2D eigenvalue weighted by atomic mass is 10.1. The number of carbonyl (C=O) groups excluding carboxylic acids is 2. The number of benzene rings is 1. The zero-order valence-electron chi connectivity index (χ0n) is 10.3. The second kappa shape index (κ2) is 4.21. The smallest absolute Gasteiger partial charge is 0.254 e. The van der Waals surface area contributed by atoms with Crippen molar-refractivity contribution in [2.24, 2.45) is 0 Å². The molecule has 0 aromatic heterocycles. The van der Waals surface area contributed by atoms with Crippen LogP contribution in [0.2, 0.25) is 0 Å². The van der Waals surface area contributed by atoms with Crippen LogP contribution < -0.4 is 5.32 Å². The first-order valence-corrected chi connectivity index (χ1v) is 6.30. The average Bonchev–Trinajstić information content (AvgIpc) is 2.93. The van der Waals surface area contributed by atoms with Crippen LogP contribution in [0.15, 0.2) is 24.3 Å². The predicted octanol–water partition coefficient (Wildman–Crippen LogP) is 0.750.